The topological polar surface area (TPSA) is 64.7 Å². The number of hydrogen-bond acceptors (Lipinski definition) is 4. The second-order valence-electron chi connectivity index (χ2n) is 5.16. The zero-order valence-corrected chi connectivity index (χ0v) is 12.2. The Bertz CT molecular complexity index is 777. The summed E-state index contributed by atoms with van der Waals surface area (Å²) in [5, 5.41) is 10.6. The van der Waals surface area contributed by atoms with Gasteiger partial charge in [-0.1, -0.05) is 25.1 Å². The van der Waals surface area contributed by atoms with Gasteiger partial charge in [0, 0.05) is 17.8 Å². The van der Waals surface area contributed by atoms with Crippen molar-refractivity contribution in [2.24, 2.45) is 5.73 Å². The van der Waals surface area contributed by atoms with Crippen molar-refractivity contribution in [1.29, 1.82) is 0 Å². The normalized spacial score (nSPS) is 12.5. The van der Waals surface area contributed by atoms with Crippen molar-refractivity contribution in [3.05, 3.63) is 65.2 Å². The Kier molecular flexibility index (Phi) is 3.62. The third-order valence-electron chi connectivity index (χ3n) is 3.75. The highest BCUT2D eigenvalue weighted by Gasteiger charge is 2.16. The Morgan fingerprint density at radius 2 is 2.00 bits per heavy atom. The van der Waals surface area contributed by atoms with Gasteiger partial charge in [0.1, 0.15) is 0 Å². The minimum Gasteiger partial charge on any atom is -0.320 e. The molecule has 0 spiro atoms. The van der Waals surface area contributed by atoms with E-state index in [4.69, 9.17) is 5.73 Å². The molecule has 1 atom stereocenters. The second-order valence-corrected chi connectivity index (χ2v) is 5.16. The average Bonchev–Trinajstić information content (AvgIpc) is 2.53. The highest BCUT2D eigenvalue weighted by molar-refractivity contribution is 5.85. The molecule has 0 bridgehead atoms. The van der Waals surface area contributed by atoms with Crippen LogP contribution in [0.2, 0.25) is 0 Å². The van der Waals surface area contributed by atoms with E-state index in [0.717, 1.165) is 39.7 Å². The molecule has 1 aromatic carbocycles. The van der Waals surface area contributed by atoms with Gasteiger partial charge in [0.2, 0.25) is 0 Å². The standard InChI is InChI=1S/C17H18N4/c1-3-16-15(9-11(2)20-21-16)17(18)14-6-4-5-12-10-19-8-7-13(12)14/h4-10,17H,3,18H2,1-2H3. The van der Waals surface area contributed by atoms with Crippen LogP contribution in [0.25, 0.3) is 10.8 Å². The van der Waals surface area contributed by atoms with Crippen molar-refractivity contribution in [3.8, 4) is 0 Å². The van der Waals surface area contributed by atoms with Gasteiger partial charge in [-0.05, 0) is 42.0 Å². The first-order chi connectivity index (χ1) is 10.2. The maximum absolute atomic E-state index is 6.54. The van der Waals surface area contributed by atoms with Gasteiger partial charge in [-0.2, -0.15) is 10.2 Å². The van der Waals surface area contributed by atoms with Gasteiger partial charge < -0.3 is 5.73 Å². The number of fused-ring (bicyclic) bond motifs is 1. The number of nitrogens with two attached hydrogens (primary N) is 1. The van der Waals surface area contributed by atoms with Crippen molar-refractivity contribution in [2.45, 2.75) is 26.3 Å². The first kappa shape index (κ1) is 13.6. The number of pyridine rings is 1. The predicted octanol–water partition coefficient (Wildman–Crippen LogP) is 2.94. The Labute approximate surface area is 124 Å². The molecule has 0 aliphatic carbocycles. The van der Waals surface area contributed by atoms with Crippen LogP contribution in [0.1, 0.15) is 35.5 Å². The van der Waals surface area contributed by atoms with Crippen LogP contribution in [-0.2, 0) is 6.42 Å². The average molecular weight is 278 g/mol. The van der Waals surface area contributed by atoms with Gasteiger partial charge in [0.05, 0.1) is 17.4 Å². The summed E-state index contributed by atoms with van der Waals surface area (Å²) >= 11 is 0. The highest BCUT2D eigenvalue weighted by atomic mass is 15.1. The lowest BCUT2D eigenvalue weighted by atomic mass is 9.93. The molecule has 0 saturated carbocycles. The number of hydrogen-bond donors (Lipinski definition) is 1. The molecule has 2 N–H and O–H groups in total. The number of rotatable bonds is 3. The molecule has 0 aliphatic rings. The first-order valence-corrected chi connectivity index (χ1v) is 7.12. The molecule has 3 aromatic rings. The molecule has 1 unspecified atom stereocenters. The SMILES string of the molecule is CCc1nnc(C)cc1C(N)c1cccc2cnccc12. The van der Waals surface area contributed by atoms with E-state index in [-0.39, 0.29) is 6.04 Å². The van der Waals surface area contributed by atoms with Gasteiger partial charge in [0.25, 0.3) is 0 Å². The molecule has 106 valence electrons. The third kappa shape index (κ3) is 2.50. The summed E-state index contributed by atoms with van der Waals surface area (Å²) in [7, 11) is 0. The summed E-state index contributed by atoms with van der Waals surface area (Å²) in [6, 6.07) is 9.98. The summed E-state index contributed by atoms with van der Waals surface area (Å²) < 4.78 is 0. The third-order valence-corrected chi connectivity index (χ3v) is 3.75. The Hall–Kier alpha value is -2.33. The van der Waals surface area contributed by atoms with Gasteiger partial charge in [0.15, 0.2) is 0 Å². The van der Waals surface area contributed by atoms with E-state index >= 15 is 0 Å². The van der Waals surface area contributed by atoms with E-state index in [1.165, 1.54) is 0 Å². The zero-order chi connectivity index (χ0) is 14.8. The summed E-state index contributed by atoms with van der Waals surface area (Å²) in [6.07, 6.45) is 4.49. The minimum atomic E-state index is -0.208. The van der Waals surface area contributed by atoms with Crippen LogP contribution in [0.3, 0.4) is 0 Å². The molecule has 4 heteroatoms. The molecule has 2 aromatic heterocycles. The van der Waals surface area contributed by atoms with Crippen molar-refractivity contribution < 1.29 is 0 Å². The van der Waals surface area contributed by atoms with Gasteiger partial charge in [-0.25, -0.2) is 0 Å². The van der Waals surface area contributed by atoms with Crippen molar-refractivity contribution in [1.82, 2.24) is 15.2 Å². The van der Waals surface area contributed by atoms with Crippen molar-refractivity contribution in [2.75, 3.05) is 0 Å². The predicted molar refractivity (Wildman–Crippen MR) is 83.9 cm³/mol. The Balaban J connectivity index is 2.17. The van der Waals surface area contributed by atoms with Crippen LogP contribution in [0.5, 0.6) is 0 Å². The molecular formula is C17H18N4. The van der Waals surface area contributed by atoms with E-state index in [1.807, 2.05) is 31.3 Å². The molecule has 0 fully saturated rings. The first-order valence-electron chi connectivity index (χ1n) is 7.12. The number of nitrogens with zero attached hydrogens (tertiary/aromatic N) is 3. The van der Waals surface area contributed by atoms with E-state index in [2.05, 4.69) is 34.2 Å². The molecular weight excluding hydrogens is 260 g/mol. The number of aromatic nitrogens is 3. The Morgan fingerprint density at radius 1 is 1.14 bits per heavy atom. The molecule has 4 nitrogen and oxygen atoms in total. The molecule has 2 heterocycles. The van der Waals surface area contributed by atoms with Crippen LogP contribution in [-0.4, -0.2) is 15.2 Å². The quantitative estimate of drug-likeness (QED) is 0.800. The van der Waals surface area contributed by atoms with Gasteiger partial charge >= 0.3 is 0 Å². The minimum absolute atomic E-state index is 0.208. The molecule has 0 saturated heterocycles. The lowest BCUT2D eigenvalue weighted by Crippen LogP contribution is -2.16. The molecule has 21 heavy (non-hydrogen) atoms. The van der Waals surface area contributed by atoms with Gasteiger partial charge in [-0.15, -0.1) is 0 Å². The van der Waals surface area contributed by atoms with E-state index in [9.17, 15) is 0 Å². The molecule has 0 amide bonds. The smallest absolute Gasteiger partial charge is 0.0679 e. The lowest BCUT2D eigenvalue weighted by Gasteiger charge is -2.17. The molecule has 0 aliphatic heterocycles. The van der Waals surface area contributed by atoms with Crippen molar-refractivity contribution in [3.63, 3.8) is 0 Å². The number of benzene rings is 1. The van der Waals surface area contributed by atoms with Crippen LogP contribution < -0.4 is 5.73 Å². The van der Waals surface area contributed by atoms with Crippen LogP contribution in [0.15, 0.2) is 42.7 Å². The van der Waals surface area contributed by atoms with Crippen molar-refractivity contribution >= 4 is 10.8 Å². The van der Waals surface area contributed by atoms with Crippen LogP contribution in [0, 0.1) is 6.92 Å². The largest absolute Gasteiger partial charge is 0.320 e. The summed E-state index contributed by atoms with van der Waals surface area (Å²) in [5.41, 5.74) is 10.5. The lowest BCUT2D eigenvalue weighted by molar-refractivity contribution is 0.794. The molecule has 0 radical (unpaired) electrons. The summed E-state index contributed by atoms with van der Waals surface area (Å²) in [4.78, 5) is 4.17. The fourth-order valence-electron chi connectivity index (χ4n) is 2.66. The highest BCUT2D eigenvalue weighted by Crippen LogP contribution is 2.28. The summed E-state index contributed by atoms with van der Waals surface area (Å²) in [5.74, 6) is 0. The van der Waals surface area contributed by atoms with Gasteiger partial charge in [-0.3, -0.25) is 4.98 Å². The maximum atomic E-state index is 6.54. The fraction of sp³-hybridized carbons (Fsp3) is 0.235. The van der Waals surface area contributed by atoms with E-state index in [0.29, 0.717) is 0 Å². The van der Waals surface area contributed by atoms with Crippen LogP contribution >= 0.6 is 0 Å². The fourth-order valence-corrected chi connectivity index (χ4v) is 2.66. The van der Waals surface area contributed by atoms with E-state index < -0.39 is 0 Å². The summed E-state index contributed by atoms with van der Waals surface area (Å²) in [6.45, 7) is 4.01. The van der Waals surface area contributed by atoms with Crippen LogP contribution in [0.4, 0.5) is 0 Å². The monoisotopic (exact) mass is 278 g/mol. The Morgan fingerprint density at radius 3 is 2.81 bits per heavy atom. The maximum Gasteiger partial charge on any atom is 0.0679 e. The zero-order valence-electron chi connectivity index (χ0n) is 12.2. The number of aryl methyl sites for hydroxylation is 2. The second kappa shape index (κ2) is 5.58. The van der Waals surface area contributed by atoms with E-state index in [1.54, 1.807) is 6.20 Å². The molecule has 3 rings (SSSR count).